The molecule has 1 N–H and O–H groups in total. The van der Waals surface area contributed by atoms with E-state index in [1.807, 2.05) is 37.3 Å². The smallest absolute Gasteiger partial charge is 0.178 e. The van der Waals surface area contributed by atoms with Crippen LogP contribution in [-0.4, -0.2) is 56.5 Å². The first-order chi connectivity index (χ1) is 17.1. The Hall–Kier alpha value is -3.51. The van der Waals surface area contributed by atoms with Crippen molar-refractivity contribution in [3.05, 3.63) is 54.2 Å². The maximum atomic E-state index is 11.6. The number of nitrogens with one attached hydrogen (secondary N) is 1. The van der Waals surface area contributed by atoms with Crippen LogP contribution in [0.5, 0.6) is 5.75 Å². The quantitative estimate of drug-likeness (QED) is 0.355. The van der Waals surface area contributed by atoms with Gasteiger partial charge >= 0.3 is 0 Å². The number of pyridine rings is 2. The lowest BCUT2D eigenvalue weighted by atomic mass is 10.1. The van der Waals surface area contributed by atoms with Gasteiger partial charge in [-0.2, -0.15) is 14.0 Å². The van der Waals surface area contributed by atoms with Gasteiger partial charge in [-0.25, -0.2) is 4.98 Å². The van der Waals surface area contributed by atoms with Crippen LogP contribution in [0.15, 0.2) is 42.7 Å². The molecule has 2 atom stereocenters. The molecule has 1 aliphatic heterocycles. The van der Waals surface area contributed by atoms with Gasteiger partial charge in [0.1, 0.15) is 17.0 Å². The lowest BCUT2D eigenvalue weighted by molar-refractivity contribution is 0.263. The van der Waals surface area contributed by atoms with Crippen molar-refractivity contribution >= 4 is 44.7 Å². The van der Waals surface area contributed by atoms with Crippen LogP contribution in [0.3, 0.4) is 0 Å². The average molecular weight is 507 g/mol. The molecule has 2 unspecified atom stereocenters. The number of hydrogen-bond donors (Lipinski definition) is 1. The second kappa shape index (κ2) is 9.27. The largest absolute Gasteiger partial charge is 0.492 e. The highest BCUT2D eigenvalue weighted by molar-refractivity contribution is 7.85. The van der Waals surface area contributed by atoms with Gasteiger partial charge in [-0.1, -0.05) is 0 Å². The highest BCUT2D eigenvalue weighted by atomic mass is 32.2. The SMILES string of the molecule is Cc1cc(-c2ccc3nnc(CNc4ccnc5cc(OCC6CCS(=O)C6)cnc45)n3n2)sn1. The Morgan fingerprint density at radius 1 is 1.23 bits per heavy atom. The van der Waals surface area contributed by atoms with Gasteiger partial charge in [0, 0.05) is 40.5 Å². The minimum absolute atomic E-state index is 0.333. The van der Waals surface area contributed by atoms with Gasteiger partial charge in [0.15, 0.2) is 11.5 Å². The van der Waals surface area contributed by atoms with Crippen molar-refractivity contribution in [2.24, 2.45) is 5.92 Å². The molecule has 1 saturated heterocycles. The average Bonchev–Trinajstić information content (AvgIpc) is 3.60. The van der Waals surface area contributed by atoms with Crippen molar-refractivity contribution in [2.75, 3.05) is 23.4 Å². The summed E-state index contributed by atoms with van der Waals surface area (Å²) >= 11 is 1.42. The molecule has 0 saturated carbocycles. The normalized spacial score (nSPS) is 17.9. The molecule has 0 aromatic carbocycles. The van der Waals surface area contributed by atoms with Crippen LogP contribution in [0.1, 0.15) is 17.9 Å². The van der Waals surface area contributed by atoms with E-state index in [9.17, 15) is 4.21 Å². The number of nitrogens with zero attached hydrogens (tertiary/aromatic N) is 7. The van der Waals surface area contributed by atoms with E-state index in [1.54, 1.807) is 16.9 Å². The Morgan fingerprint density at radius 2 is 2.17 bits per heavy atom. The van der Waals surface area contributed by atoms with Crippen LogP contribution in [0.25, 0.3) is 27.3 Å². The Balaban J connectivity index is 1.19. The molecule has 6 heterocycles. The van der Waals surface area contributed by atoms with Gasteiger partial charge in [-0.05, 0) is 49.1 Å². The third-order valence-corrected chi connectivity index (χ3v) is 8.30. The molecular weight excluding hydrogens is 484 g/mol. The molecule has 10 nitrogen and oxygen atoms in total. The Morgan fingerprint density at radius 3 is 3.00 bits per heavy atom. The summed E-state index contributed by atoms with van der Waals surface area (Å²) in [6, 6.07) is 9.62. The number of ether oxygens (including phenoxy) is 1. The molecule has 1 fully saturated rings. The summed E-state index contributed by atoms with van der Waals surface area (Å²) < 4.78 is 23.6. The van der Waals surface area contributed by atoms with Crippen LogP contribution in [0, 0.1) is 12.8 Å². The summed E-state index contributed by atoms with van der Waals surface area (Å²) in [6.45, 7) is 2.93. The third-order valence-electron chi connectivity index (χ3n) is 5.86. The molecular formula is C23H22N8O2S2. The zero-order chi connectivity index (χ0) is 23.8. The second-order valence-corrected chi connectivity index (χ2v) is 10.9. The van der Waals surface area contributed by atoms with Crippen molar-refractivity contribution in [1.29, 1.82) is 0 Å². The van der Waals surface area contributed by atoms with E-state index >= 15 is 0 Å². The van der Waals surface area contributed by atoms with E-state index in [0.717, 1.165) is 45.2 Å². The fourth-order valence-corrected chi connectivity index (χ4v) is 6.31. The predicted molar refractivity (Wildman–Crippen MR) is 135 cm³/mol. The van der Waals surface area contributed by atoms with Crippen molar-refractivity contribution in [2.45, 2.75) is 19.9 Å². The fraction of sp³-hybridized carbons (Fsp3) is 0.304. The minimum Gasteiger partial charge on any atom is -0.492 e. The summed E-state index contributed by atoms with van der Waals surface area (Å²) in [6.07, 6.45) is 4.39. The first-order valence-electron chi connectivity index (χ1n) is 11.2. The van der Waals surface area contributed by atoms with E-state index in [-0.39, 0.29) is 0 Å². The first-order valence-corrected chi connectivity index (χ1v) is 13.5. The summed E-state index contributed by atoms with van der Waals surface area (Å²) in [5.74, 6) is 3.16. The molecule has 35 heavy (non-hydrogen) atoms. The summed E-state index contributed by atoms with van der Waals surface area (Å²) in [4.78, 5) is 10.0. The maximum absolute atomic E-state index is 11.6. The van der Waals surface area contributed by atoms with Gasteiger partial charge in [0.2, 0.25) is 0 Å². The van der Waals surface area contributed by atoms with Gasteiger partial charge in [0.05, 0.1) is 41.1 Å². The molecule has 5 aromatic rings. The highest BCUT2D eigenvalue weighted by Gasteiger charge is 2.21. The molecule has 12 heteroatoms. The lowest BCUT2D eigenvalue weighted by Gasteiger charge is -2.12. The Labute approximate surface area is 207 Å². The second-order valence-electron chi connectivity index (χ2n) is 8.46. The first kappa shape index (κ1) is 22.0. The zero-order valence-electron chi connectivity index (χ0n) is 18.9. The predicted octanol–water partition coefficient (Wildman–Crippen LogP) is 3.26. The lowest BCUT2D eigenvalue weighted by Crippen LogP contribution is -2.12. The van der Waals surface area contributed by atoms with Crippen molar-refractivity contribution < 1.29 is 8.95 Å². The molecule has 0 spiro atoms. The molecule has 6 rings (SSSR count). The molecule has 178 valence electrons. The van der Waals surface area contributed by atoms with Crippen molar-refractivity contribution in [3.63, 3.8) is 0 Å². The molecule has 0 bridgehead atoms. The zero-order valence-corrected chi connectivity index (χ0v) is 20.6. The topological polar surface area (TPSA) is 120 Å². The molecule has 0 radical (unpaired) electrons. The fourth-order valence-electron chi connectivity index (χ4n) is 4.04. The monoisotopic (exact) mass is 506 g/mol. The molecule has 0 aliphatic carbocycles. The number of hydrogen-bond acceptors (Lipinski definition) is 10. The van der Waals surface area contributed by atoms with Crippen molar-refractivity contribution in [1.82, 2.24) is 34.2 Å². The number of aryl methyl sites for hydroxylation is 1. The van der Waals surface area contributed by atoms with Crippen LogP contribution in [0.2, 0.25) is 0 Å². The van der Waals surface area contributed by atoms with Gasteiger partial charge in [-0.15, -0.1) is 10.2 Å². The Bertz CT molecular complexity index is 1550. The van der Waals surface area contributed by atoms with Gasteiger partial charge < -0.3 is 10.1 Å². The summed E-state index contributed by atoms with van der Waals surface area (Å²) in [5, 5.41) is 16.7. The van der Waals surface area contributed by atoms with Crippen LogP contribution in [0.4, 0.5) is 5.69 Å². The summed E-state index contributed by atoms with van der Waals surface area (Å²) in [7, 11) is -0.705. The number of fused-ring (bicyclic) bond motifs is 2. The van der Waals surface area contributed by atoms with Crippen LogP contribution < -0.4 is 10.1 Å². The molecule has 1 aliphatic rings. The minimum atomic E-state index is -0.705. The van der Waals surface area contributed by atoms with Crippen LogP contribution in [-0.2, 0) is 17.3 Å². The third kappa shape index (κ3) is 4.58. The van der Waals surface area contributed by atoms with Crippen LogP contribution >= 0.6 is 11.5 Å². The standard InChI is InChI=1S/C23H22N8O2S2/c1-14-8-20(34-30-14)17-2-3-21-27-28-22(31(21)29-17)11-25-18-4-6-24-19-9-16(10-26-23(18)19)33-12-15-5-7-35(32)13-15/h2-4,6,8-10,15H,5,7,11-13H2,1H3,(H,24,25). The van der Waals surface area contributed by atoms with E-state index in [4.69, 9.17) is 9.84 Å². The molecule has 0 amide bonds. The highest BCUT2D eigenvalue weighted by Crippen LogP contribution is 2.25. The van der Waals surface area contributed by atoms with Gasteiger partial charge in [-0.3, -0.25) is 9.19 Å². The summed E-state index contributed by atoms with van der Waals surface area (Å²) in [5.41, 5.74) is 4.78. The van der Waals surface area contributed by atoms with E-state index in [1.165, 1.54) is 11.5 Å². The van der Waals surface area contributed by atoms with E-state index < -0.39 is 10.8 Å². The molecule has 5 aromatic heterocycles. The number of rotatable bonds is 7. The van der Waals surface area contributed by atoms with E-state index in [2.05, 4.69) is 29.9 Å². The Kier molecular flexibility index (Phi) is 5.82. The maximum Gasteiger partial charge on any atom is 0.178 e. The van der Waals surface area contributed by atoms with E-state index in [0.29, 0.717) is 42.0 Å². The number of aromatic nitrogens is 7. The van der Waals surface area contributed by atoms with Gasteiger partial charge in [0.25, 0.3) is 0 Å². The number of anilines is 1. The van der Waals surface area contributed by atoms with Crippen molar-refractivity contribution in [3.8, 4) is 16.3 Å².